The fraction of sp³-hybridized carbons (Fsp3) is 0.571. The Morgan fingerprint density at radius 3 is 2.62 bits per heavy atom. The van der Waals surface area contributed by atoms with Crippen molar-refractivity contribution in [2.75, 3.05) is 11.9 Å². The summed E-state index contributed by atoms with van der Waals surface area (Å²) in [7, 11) is 0. The number of hydrogen-bond donors (Lipinski definition) is 1. The zero-order valence-corrected chi connectivity index (χ0v) is 16.1. The van der Waals surface area contributed by atoms with Gasteiger partial charge in [0.15, 0.2) is 0 Å². The smallest absolute Gasteiger partial charge is 0.235 e. The van der Waals surface area contributed by atoms with Gasteiger partial charge in [0.1, 0.15) is 0 Å². The maximum atomic E-state index is 12.9. The molecule has 5 heteroatoms. The van der Waals surface area contributed by atoms with Crippen LogP contribution >= 0.6 is 0 Å². The van der Waals surface area contributed by atoms with Crippen molar-refractivity contribution in [2.24, 2.45) is 16.7 Å². The van der Waals surface area contributed by atoms with Crippen molar-refractivity contribution in [2.45, 2.75) is 53.4 Å². The van der Waals surface area contributed by atoms with E-state index in [0.29, 0.717) is 13.0 Å². The number of piperidine rings is 1. The lowest BCUT2D eigenvalue weighted by Gasteiger charge is -2.47. The molecule has 1 N–H and O–H groups in total. The second-order valence-electron chi connectivity index (χ2n) is 8.41. The molecule has 3 amide bonds. The molecule has 2 bridgehead atoms. The van der Waals surface area contributed by atoms with Crippen molar-refractivity contribution in [1.82, 2.24) is 4.90 Å². The van der Waals surface area contributed by atoms with E-state index < -0.39 is 5.41 Å². The zero-order valence-electron chi connectivity index (χ0n) is 16.1. The molecule has 140 valence electrons. The topological polar surface area (TPSA) is 66.5 Å². The highest BCUT2D eigenvalue weighted by Crippen LogP contribution is 2.60. The molecule has 1 aliphatic carbocycles. The first-order chi connectivity index (χ1) is 12.2. The average Bonchev–Trinajstić information content (AvgIpc) is 2.77. The van der Waals surface area contributed by atoms with Crippen LogP contribution in [0.5, 0.6) is 0 Å². The van der Waals surface area contributed by atoms with Crippen LogP contribution in [0.2, 0.25) is 0 Å². The van der Waals surface area contributed by atoms with Gasteiger partial charge in [0.05, 0.1) is 5.41 Å². The van der Waals surface area contributed by atoms with Crippen LogP contribution in [0.15, 0.2) is 24.3 Å². The van der Waals surface area contributed by atoms with Crippen LogP contribution in [0.4, 0.5) is 5.69 Å². The lowest BCUT2D eigenvalue weighted by Crippen LogP contribution is -2.59. The van der Waals surface area contributed by atoms with E-state index in [1.165, 1.54) is 4.90 Å². The van der Waals surface area contributed by atoms with Crippen LogP contribution in [-0.4, -0.2) is 29.2 Å². The Kier molecular flexibility index (Phi) is 4.67. The van der Waals surface area contributed by atoms with Gasteiger partial charge in [-0.25, -0.2) is 0 Å². The molecule has 1 saturated carbocycles. The predicted molar refractivity (Wildman–Crippen MR) is 100 cm³/mol. The molecular formula is C21H28N2O3. The molecule has 2 aliphatic rings. The van der Waals surface area contributed by atoms with Gasteiger partial charge in [-0.05, 0) is 43.2 Å². The van der Waals surface area contributed by atoms with Gasteiger partial charge in [-0.2, -0.15) is 0 Å². The Labute approximate surface area is 155 Å². The third kappa shape index (κ3) is 2.83. The minimum atomic E-state index is -0.477. The van der Waals surface area contributed by atoms with Gasteiger partial charge in [-0.1, -0.05) is 39.0 Å². The number of hydrogen-bond acceptors (Lipinski definition) is 3. The Hall–Kier alpha value is -2.17. The van der Waals surface area contributed by atoms with E-state index in [1.807, 2.05) is 52.0 Å². The molecule has 1 aromatic rings. The minimum Gasteiger partial charge on any atom is -0.326 e. The van der Waals surface area contributed by atoms with E-state index in [2.05, 4.69) is 5.32 Å². The molecule has 1 saturated heterocycles. The number of benzene rings is 1. The molecule has 3 rings (SSSR count). The van der Waals surface area contributed by atoms with Crippen molar-refractivity contribution in [3.8, 4) is 0 Å². The molecule has 0 radical (unpaired) electrons. The first kappa shape index (κ1) is 18.6. The summed E-state index contributed by atoms with van der Waals surface area (Å²) in [4.78, 5) is 39.3. The molecule has 2 atom stereocenters. The third-order valence-electron chi connectivity index (χ3n) is 6.71. The van der Waals surface area contributed by atoms with Crippen LogP contribution in [0.1, 0.15) is 52.0 Å². The summed E-state index contributed by atoms with van der Waals surface area (Å²) >= 11 is 0. The second-order valence-corrected chi connectivity index (χ2v) is 8.41. The summed E-state index contributed by atoms with van der Waals surface area (Å²) in [5, 5.41) is 2.89. The van der Waals surface area contributed by atoms with Crippen LogP contribution in [-0.2, 0) is 14.4 Å². The second kappa shape index (κ2) is 6.53. The Morgan fingerprint density at radius 1 is 1.23 bits per heavy atom. The van der Waals surface area contributed by atoms with E-state index in [9.17, 15) is 14.4 Å². The number of para-hydroxylation sites is 1. The summed E-state index contributed by atoms with van der Waals surface area (Å²) in [6, 6.07) is 7.62. The van der Waals surface area contributed by atoms with Gasteiger partial charge in [0.2, 0.25) is 17.7 Å². The predicted octanol–water partition coefficient (Wildman–Crippen LogP) is 3.53. The van der Waals surface area contributed by atoms with Crippen molar-refractivity contribution in [3.63, 3.8) is 0 Å². The van der Waals surface area contributed by atoms with Crippen molar-refractivity contribution < 1.29 is 14.4 Å². The number of anilines is 1. The number of nitrogens with one attached hydrogen (secondary N) is 1. The molecule has 1 heterocycles. The highest BCUT2D eigenvalue weighted by Gasteiger charge is 2.64. The van der Waals surface area contributed by atoms with E-state index in [-0.39, 0.29) is 35.5 Å². The normalized spacial score (nSPS) is 26.9. The fourth-order valence-corrected chi connectivity index (χ4v) is 4.44. The molecule has 2 fully saturated rings. The third-order valence-corrected chi connectivity index (χ3v) is 6.71. The number of imide groups is 1. The molecule has 1 aliphatic heterocycles. The quantitative estimate of drug-likeness (QED) is 0.821. The standard InChI is InChI=1S/C21H28N2O3/c1-14-8-5-6-9-16(14)22-17(24)10-7-13-23-18(25)15-11-12-21(4,19(23)26)20(15,2)3/h5-6,8-9,15H,7,10-13H2,1-4H3,(H,22,24). The molecule has 5 nitrogen and oxygen atoms in total. The molecule has 1 aromatic carbocycles. The maximum Gasteiger partial charge on any atom is 0.235 e. The summed E-state index contributed by atoms with van der Waals surface area (Å²) in [5.74, 6) is -0.313. The lowest BCUT2D eigenvalue weighted by molar-refractivity contribution is -0.168. The monoisotopic (exact) mass is 356 g/mol. The number of likely N-dealkylation sites (tertiary alicyclic amines) is 1. The van der Waals surface area contributed by atoms with Gasteiger partial charge >= 0.3 is 0 Å². The largest absolute Gasteiger partial charge is 0.326 e. The van der Waals surface area contributed by atoms with Crippen LogP contribution < -0.4 is 5.32 Å². The van der Waals surface area contributed by atoms with Crippen molar-refractivity contribution in [1.29, 1.82) is 0 Å². The van der Waals surface area contributed by atoms with E-state index in [0.717, 1.165) is 24.1 Å². The van der Waals surface area contributed by atoms with Crippen molar-refractivity contribution in [3.05, 3.63) is 29.8 Å². The molecule has 2 unspecified atom stereocenters. The summed E-state index contributed by atoms with van der Waals surface area (Å²) in [6.07, 6.45) is 2.31. The average molecular weight is 356 g/mol. The van der Waals surface area contributed by atoms with Crippen LogP contribution in [0, 0.1) is 23.7 Å². The van der Waals surface area contributed by atoms with E-state index >= 15 is 0 Å². The number of carbonyl (C=O) groups excluding carboxylic acids is 3. The first-order valence-electron chi connectivity index (χ1n) is 9.40. The highest BCUT2D eigenvalue weighted by atomic mass is 16.2. The van der Waals surface area contributed by atoms with E-state index in [4.69, 9.17) is 0 Å². The Bertz CT molecular complexity index is 755. The summed E-state index contributed by atoms with van der Waals surface area (Å²) in [5.41, 5.74) is 1.04. The molecular weight excluding hydrogens is 328 g/mol. The first-order valence-corrected chi connectivity index (χ1v) is 9.40. The SMILES string of the molecule is Cc1ccccc1NC(=O)CCCN1C(=O)C2CCC(C)(C1=O)C2(C)C. The highest BCUT2D eigenvalue weighted by molar-refractivity contribution is 6.03. The minimum absolute atomic E-state index is 0.0608. The summed E-state index contributed by atoms with van der Waals surface area (Å²) in [6.45, 7) is 8.32. The fourth-order valence-electron chi connectivity index (χ4n) is 4.44. The zero-order chi connectivity index (χ0) is 19.1. The van der Waals surface area contributed by atoms with Crippen LogP contribution in [0.25, 0.3) is 0 Å². The van der Waals surface area contributed by atoms with Gasteiger partial charge in [-0.3, -0.25) is 19.3 Å². The number of carbonyl (C=O) groups is 3. The Balaban J connectivity index is 1.59. The molecule has 26 heavy (non-hydrogen) atoms. The number of amides is 3. The molecule has 0 spiro atoms. The van der Waals surface area contributed by atoms with Gasteiger partial charge < -0.3 is 5.32 Å². The van der Waals surface area contributed by atoms with Gasteiger partial charge in [0.25, 0.3) is 0 Å². The lowest BCUT2D eigenvalue weighted by atomic mass is 9.62. The Morgan fingerprint density at radius 2 is 1.92 bits per heavy atom. The van der Waals surface area contributed by atoms with Gasteiger partial charge in [0, 0.05) is 24.6 Å². The summed E-state index contributed by atoms with van der Waals surface area (Å²) < 4.78 is 0. The van der Waals surface area contributed by atoms with Crippen LogP contribution in [0.3, 0.4) is 0 Å². The number of rotatable bonds is 5. The number of aryl methyl sites for hydroxylation is 1. The number of fused-ring (bicyclic) bond motifs is 2. The molecule has 0 aromatic heterocycles. The van der Waals surface area contributed by atoms with Crippen molar-refractivity contribution >= 4 is 23.4 Å². The maximum absolute atomic E-state index is 12.9. The van der Waals surface area contributed by atoms with Gasteiger partial charge in [-0.15, -0.1) is 0 Å². The van der Waals surface area contributed by atoms with E-state index in [1.54, 1.807) is 0 Å². The number of nitrogens with zero attached hydrogens (tertiary/aromatic N) is 1.